The van der Waals surface area contributed by atoms with Gasteiger partial charge in [-0.05, 0) is 54.7 Å². The molecule has 3 rings (SSSR count). The third kappa shape index (κ3) is 10.6. The lowest BCUT2D eigenvalue weighted by Crippen LogP contribution is -2.20. The lowest BCUT2D eigenvalue weighted by molar-refractivity contribution is -0.141. The Morgan fingerprint density at radius 2 is 1.24 bits per heavy atom. The maximum Gasteiger partial charge on any atom is 0.311 e. The standard InChI is InChI=1S/C35H50O7/c1-5-6-7-8-9-10-11-12-13-14-15-16-34(36)42-31-20-18-27(24-33(31)40-4)22-29-28(25-41-35(29)37)21-26-17-19-30(38-2)32(23-26)39-3/h17-20,23-24,28-29H,5-16,21-22,25H2,1-4H3/t28-,29+/m0/s1. The van der Waals surface area contributed by atoms with Crippen molar-refractivity contribution < 1.29 is 33.3 Å². The van der Waals surface area contributed by atoms with Crippen LogP contribution in [0.1, 0.15) is 95.1 Å². The lowest BCUT2D eigenvalue weighted by Gasteiger charge is -2.17. The van der Waals surface area contributed by atoms with E-state index in [1.807, 2.05) is 30.3 Å². The van der Waals surface area contributed by atoms with Crippen molar-refractivity contribution in [1.29, 1.82) is 0 Å². The van der Waals surface area contributed by atoms with Crippen molar-refractivity contribution in [1.82, 2.24) is 0 Å². The molecule has 2 aromatic rings. The van der Waals surface area contributed by atoms with Gasteiger partial charge in [-0.15, -0.1) is 0 Å². The second-order valence-electron chi connectivity index (χ2n) is 11.3. The number of carbonyl (C=O) groups is 2. The van der Waals surface area contributed by atoms with Gasteiger partial charge < -0.3 is 23.7 Å². The molecule has 0 bridgehead atoms. The molecule has 0 amide bonds. The maximum atomic E-state index is 12.6. The Morgan fingerprint density at radius 1 is 0.714 bits per heavy atom. The van der Waals surface area contributed by atoms with Crippen LogP contribution in [0, 0.1) is 11.8 Å². The molecule has 0 N–H and O–H groups in total. The van der Waals surface area contributed by atoms with E-state index in [0.29, 0.717) is 48.9 Å². The Hall–Kier alpha value is -3.22. The molecule has 0 spiro atoms. The second kappa shape index (κ2) is 18.3. The van der Waals surface area contributed by atoms with E-state index >= 15 is 0 Å². The number of ether oxygens (including phenoxy) is 5. The summed E-state index contributed by atoms with van der Waals surface area (Å²) in [6.07, 6.45) is 15.2. The molecule has 1 aliphatic rings. The summed E-state index contributed by atoms with van der Waals surface area (Å²) >= 11 is 0. The summed E-state index contributed by atoms with van der Waals surface area (Å²) in [6.45, 7) is 2.63. The van der Waals surface area contributed by atoms with Crippen LogP contribution in [0.15, 0.2) is 36.4 Å². The fourth-order valence-electron chi connectivity index (χ4n) is 5.65. The zero-order valence-corrected chi connectivity index (χ0v) is 26.1. The van der Waals surface area contributed by atoms with Gasteiger partial charge in [0, 0.05) is 12.3 Å². The fourth-order valence-corrected chi connectivity index (χ4v) is 5.65. The minimum Gasteiger partial charge on any atom is -0.493 e. The Morgan fingerprint density at radius 3 is 1.83 bits per heavy atom. The van der Waals surface area contributed by atoms with Crippen molar-refractivity contribution in [2.75, 3.05) is 27.9 Å². The highest BCUT2D eigenvalue weighted by molar-refractivity contribution is 5.75. The number of hydrogen-bond acceptors (Lipinski definition) is 7. The second-order valence-corrected chi connectivity index (χ2v) is 11.3. The number of cyclic esters (lactones) is 1. The van der Waals surface area contributed by atoms with Crippen LogP contribution in [-0.4, -0.2) is 39.9 Å². The molecule has 42 heavy (non-hydrogen) atoms. The van der Waals surface area contributed by atoms with Gasteiger partial charge in [0.15, 0.2) is 23.0 Å². The first-order valence-corrected chi connectivity index (χ1v) is 15.7. The quantitative estimate of drug-likeness (QED) is 0.0892. The van der Waals surface area contributed by atoms with E-state index in [0.717, 1.165) is 30.4 Å². The van der Waals surface area contributed by atoms with Gasteiger partial charge in [0.1, 0.15) is 0 Å². The van der Waals surface area contributed by atoms with E-state index in [1.54, 1.807) is 27.4 Å². The van der Waals surface area contributed by atoms with E-state index in [1.165, 1.54) is 51.4 Å². The molecule has 1 aliphatic heterocycles. The van der Waals surface area contributed by atoms with Crippen LogP contribution in [-0.2, 0) is 27.2 Å². The summed E-state index contributed by atoms with van der Waals surface area (Å²) in [5, 5.41) is 0. The van der Waals surface area contributed by atoms with Crippen molar-refractivity contribution in [3.05, 3.63) is 47.5 Å². The molecule has 232 valence electrons. The third-order valence-corrected chi connectivity index (χ3v) is 8.15. The summed E-state index contributed by atoms with van der Waals surface area (Å²) in [6, 6.07) is 11.3. The molecule has 0 radical (unpaired) electrons. The molecule has 7 nitrogen and oxygen atoms in total. The zero-order chi connectivity index (χ0) is 30.2. The van der Waals surface area contributed by atoms with Crippen LogP contribution in [0.25, 0.3) is 0 Å². The van der Waals surface area contributed by atoms with Crippen LogP contribution >= 0.6 is 0 Å². The highest BCUT2D eigenvalue weighted by atomic mass is 16.6. The van der Waals surface area contributed by atoms with Gasteiger partial charge in [-0.1, -0.05) is 83.3 Å². The van der Waals surface area contributed by atoms with Crippen molar-refractivity contribution in [3.8, 4) is 23.0 Å². The predicted octanol–water partition coefficient (Wildman–Crippen LogP) is 7.89. The molecule has 0 unspecified atom stereocenters. The molecule has 1 heterocycles. The molecule has 1 saturated heterocycles. The zero-order valence-electron chi connectivity index (χ0n) is 26.1. The smallest absolute Gasteiger partial charge is 0.311 e. The van der Waals surface area contributed by atoms with Gasteiger partial charge in [0.2, 0.25) is 0 Å². The molecule has 7 heteroatoms. The molecule has 0 aliphatic carbocycles. The van der Waals surface area contributed by atoms with Crippen LogP contribution in [0.5, 0.6) is 23.0 Å². The largest absolute Gasteiger partial charge is 0.493 e. The van der Waals surface area contributed by atoms with Gasteiger partial charge in [-0.2, -0.15) is 0 Å². The number of esters is 2. The topological polar surface area (TPSA) is 80.3 Å². The summed E-state index contributed by atoms with van der Waals surface area (Å²) in [5.41, 5.74) is 1.98. The van der Waals surface area contributed by atoms with Crippen molar-refractivity contribution in [2.45, 2.75) is 96.8 Å². The minimum absolute atomic E-state index is 0.0323. The molecule has 2 aromatic carbocycles. The maximum absolute atomic E-state index is 12.6. The SMILES string of the molecule is CCCCCCCCCCCCCC(=O)Oc1ccc(C[C@H]2C(=O)OC[C@@H]2Cc2ccc(OC)c(OC)c2)cc1OC. The van der Waals surface area contributed by atoms with Crippen LogP contribution in [0.3, 0.4) is 0 Å². The first kappa shape index (κ1) is 33.3. The minimum atomic E-state index is -0.280. The number of methoxy groups -OCH3 is 3. The number of rotatable bonds is 20. The average molecular weight is 583 g/mol. The summed E-state index contributed by atoms with van der Waals surface area (Å²) < 4.78 is 27.4. The van der Waals surface area contributed by atoms with Crippen LogP contribution in [0.4, 0.5) is 0 Å². The van der Waals surface area contributed by atoms with Crippen LogP contribution in [0.2, 0.25) is 0 Å². The van der Waals surface area contributed by atoms with E-state index < -0.39 is 0 Å². The molecule has 1 fully saturated rings. The van der Waals surface area contributed by atoms with E-state index in [9.17, 15) is 9.59 Å². The number of carbonyl (C=O) groups excluding carboxylic acids is 2. The molecular formula is C35H50O7. The summed E-state index contributed by atoms with van der Waals surface area (Å²) in [7, 11) is 4.78. The Bertz CT molecular complexity index is 1110. The highest BCUT2D eigenvalue weighted by Gasteiger charge is 2.37. The Labute approximate surface area is 252 Å². The van der Waals surface area contributed by atoms with Crippen LogP contribution < -0.4 is 18.9 Å². The van der Waals surface area contributed by atoms with Crippen molar-refractivity contribution in [3.63, 3.8) is 0 Å². The molecular weight excluding hydrogens is 532 g/mol. The lowest BCUT2D eigenvalue weighted by atomic mass is 9.85. The summed E-state index contributed by atoms with van der Waals surface area (Å²) in [5.74, 6) is 1.54. The Balaban J connectivity index is 1.45. The monoisotopic (exact) mass is 582 g/mol. The number of unbranched alkanes of at least 4 members (excludes halogenated alkanes) is 10. The third-order valence-electron chi connectivity index (χ3n) is 8.15. The van der Waals surface area contributed by atoms with Gasteiger partial charge in [-0.25, -0.2) is 0 Å². The Kier molecular flexibility index (Phi) is 14.5. The fraction of sp³-hybridized carbons (Fsp3) is 0.600. The number of benzene rings is 2. The van der Waals surface area contributed by atoms with Crippen molar-refractivity contribution >= 4 is 11.9 Å². The van der Waals surface area contributed by atoms with Gasteiger partial charge >= 0.3 is 11.9 Å². The molecule has 0 aromatic heterocycles. The van der Waals surface area contributed by atoms with Gasteiger partial charge in [0.25, 0.3) is 0 Å². The van der Waals surface area contributed by atoms with E-state index in [4.69, 9.17) is 23.7 Å². The molecule has 0 saturated carbocycles. The normalized spacial score (nSPS) is 16.2. The summed E-state index contributed by atoms with van der Waals surface area (Å²) in [4.78, 5) is 25.1. The first-order valence-electron chi connectivity index (χ1n) is 15.7. The van der Waals surface area contributed by atoms with Gasteiger partial charge in [0.05, 0.1) is 33.9 Å². The van der Waals surface area contributed by atoms with E-state index in [-0.39, 0.29) is 23.8 Å². The number of hydrogen-bond donors (Lipinski definition) is 0. The average Bonchev–Trinajstić information content (AvgIpc) is 3.34. The molecule has 2 atom stereocenters. The predicted molar refractivity (Wildman–Crippen MR) is 165 cm³/mol. The highest BCUT2D eigenvalue weighted by Crippen LogP contribution is 2.35. The van der Waals surface area contributed by atoms with Gasteiger partial charge in [-0.3, -0.25) is 9.59 Å². The van der Waals surface area contributed by atoms with E-state index in [2.05, 4.69) is 6.92 Å². The first-order chi connectivity index (χ1) is 20.5. The van der Waals surface area contributed by atoms with Crippen molar-refractivity contribution in [2.24, 2.45) is 11.8 Å².